The van der Waals surface area contributed by atoms with Gasteiger partial charge in [-0.15, -0.1) is 0 Å². The third kappa shape index (κ3) is 2.23. The predicted octanol–water partition coefficient (Wildman–Crippen LogP) is 1.17. The van der Waals surface area contributed by atoms with Crippen molar-refractivity contribution in [1.82, 2.24) is 15.2 Å². The van der Waals surface area contributed by atoms with Crippen LogP contribution in [0, 0.1) is 13.8 Å². The molecule has 0 bridgehead atoms. The molecule has 1 atom stereocenters. The first-order chi connectivity index (χ1) is 8.52. The third-order valence-electron chi connectivity index (χ3n) is 3.07. The lowest BCUT2D eigenvalue weighted by molar-refractivity contribution is 0.637. The van der Waals surface area contributed by atoms with Crippen LogP contribution in [0.3, 0.4) is 0 Å². The SMILES string of the molecule is Cc1cc(C)cc(C(NN)c2cnn(C)c2N)c1. The average Bonchev–Trinajstić information content (AvgIpc) is 2.61. The van der Waals surface area contributed by atoms with Crippen LogP contribution in [0.4, 0.5) is 5.82 Å². The van der Waals surface area contributed by atoms with Crippen molar-refractivity contribution in [3.63, 3.8) is 0 Å². The van der Waals surface area contributed by atoms with E-state index < -0.39 is 0 Å². The Morgan fingerprint density at radius 3 is 2.28 bits per heavy atom. The summed E-state index contributed by atoms with van der Waals surface area (Å²) in [6.07, 6.45) is 1.75. The van der Waals surface area contributed by atoms with Crippen molar-refractivity contribution in [3.05, 3.63) is 46.6 Å². The summed E-state index contributed by atoms with van der Waals surface area (Å²) in [4.78, 5) is 0. The number of nitrogens with two attached hydrogens (primary N) is 2. The maximum atomic E-state index is 6.00. The number of aryl methyl sites for hydroxylation is 3. The Balaban J connectivity index is 2.48. The molecule has 0 radical (unpaired) electrons. The molecule has 1 aromatic heterocycles. The number of hydrazine groups is 1. The molecule has 2 aromatic rings. The molecule has 0 fully saturated rings. The number of nitrogens with one attached hydrogen (secondary N) is 1. The number of aromatic nitrogens is 2. The van der Waals surface area contributed by atoms with Gasteiger partial charge in [-0.05, 0) is 19.4 Å². The second-order valence-corrected chi connectivity index (χ2v) is 4.63. The van der Waals surface area contributed by atoms with Gasteiger partial charge in [0.1, 0.15) is 5.82 Å². The molecule has 1 unspecified atom stereocenters. The van der Waals surface area contributed by atoms with E-state index in [0.717, 1.165) is 11.1 Å². The molecular weight excluding hydrogens is 226 g/mol. The van der Waals surface area contributed by atoms with E-state index in [-0.39, 0.29) is 6.04 Å². The minimum atomic E-state index is -0.141. The summed E-state index contributed by atoms with van der Waals surface area (Å²) >= 11 is 0. The largest absolute Gasteiger partial charge is 0.384 e. The molecular formula is C13H19N5. The molecule has 0 aliphatic rings. The Morgan fingerprint density at radius 2 is 1.83 bits per heavy atom. The Kier molecular flexibility index (Phi) is 3.36. The van der Waals surface area contributed by atoms with Crippen molar-refractivity contribution in [2.24, 2.45) is 12.9 Å². The van der Waals surface area contributed by atoms with Gasteiger partial charge in [-0.1, -0.05) is 29.3 Å². The fourth-order valence-electron chi connectivity index (χ4n) is 2.23. The topological polar surface area (TPSA) is 81.9 Å². The molecule has 18 heavy (non-hydrogen) atoms. The smallest absolute Gasteiger partial charge is 0.126 e. The molecule has 0 saturated heterocycles. The van der Waals surface area contributed by atoms with Gasteiger partial charge >= 0.3 is 0 Å². The lowest BCUT2D eigenvalue weighted by Crippen LogP contribution is -2.29. The maximum Gasteiger partial charge on any atom is 0.126 e. The minimum Gasteiger partial charge on any atom is -0.384 e. The molecule has 96 valence electrons. The summed E-state index contributed by atoms with van der Waals surface area (Å²) in [5.74, 6) is 6.29. The predicted molar refractivity (Wildman–Crippen MR) is 72.7 cm³/mol. The highest BCUT2D eigenvalue weighted by atomic mass is 15.3. The van der Waals surface area contributed by atoms with E-state index in [9.17, 15) is 0 Å². The van der Waals surface area contributed by atoms with Crippen LogP contribution in [0.2, 0.25) is 0 Å². The highest BCUT2D eigenvalue weighted by Gasteiger charge is 2.18. The molecule has 1 aromatic carbocycles. The second-order valence-electron chi connectivity index (χ2n) is 4.63. The number of nitrogens with zero attached hydrogens (tertiary/aromatic N) is 2. The first-order valence-electron chi connectivity index (χ1n) is 5.84. The molecule has 1 heterocycles. The number of nitrogen functional groups attached to an aromatic ring is 1. The van der Waals surface area contributed by atoms with Gasteiger partial charge in [0, 0.05) is 12.6 Å². The standard InChI is InChI=1S/C13H19N5/c1-8-4-9(2)6-10(5-8)12(17-15)11-7-16-18(3)13(11)14/h4-7,12,17H,14-15H2,1-3H3. The van der Waals surface area contributed by atoms with Crippen LogP contribution in [0.1, 0.15) is 28.3 Å². The summed E-state index contributed by atoms with van der Waals surface area (Å²) in [5, 5.41) is 4.15. The second kappa shape index (κ2) is 4.80. The zero-order valence-electron chi connectivity index (χ0n) is 10.9. The summed E-state index contributed by atoms with van der Waals surface area (Å²) < 4.78 is 1.64. The third-order valence-corrected chi connectivity index (χ3v) is 3.07. The van der Waals surface area contributed by atoms with Gasteiger partial charge in [0.05, 0.1) is 12.2 Å². The molecule has 0 saturated carbocycles. The molecule has 0 aliphatic heterocycles. The van der Waals surface area contributed by atoms with Gasteiger partial charge in [0.25, 0.3) is 0 Å². The molecule has 0 amide bonds. The summed E-state index contributed by atoms with van der Waals surface area (Å²) in [7, 11) is 1.81. The lowest BCUT2D eigenvalue weighted by Gasteiger charge is -2.17. The summed E-state index contributed by atoms with van der Waals surface area (Å²) in [6.45, 7) is 4.13. The van der Waals surface area contributed by atoms with Crippen LogP contribution in [-0.4, -0.2) is 9.78 Å². The van der Waals surface area contributed by atoms with Crippen LogP contribution in [-0.2, 0) is 7.05 Å². The van der Waals surface area contributed by atoms with E-state index in [0.29, 0.717) is 5.82 Å². The molecule has 0 aliphatic carbocycles. The maximum absolute atomic E-state index is 6.00. The highest BCUT2D eigenvalue weighted by Crippen LogP contribution is 2.26. The van der Waals surface area contributed by atoms with Gasteiger partial charge in [0.15, 0.2) is 0 Å². The highest BCUT2D eigenvalue weighted by molar-refractivity contribution is 5.46. The number of hydrogen-bond donors (Lipinski definition) is 3. The number of benzene rings is 1. The zero-order valence-corrected chi connectivity index (χ0v) is 10.9. The summed E-state index contributed by atoms with van der Waals surface area (Å²) in [6, 6.07) is 6.19. The number of anilines is 1. The van der Waals surface area contributed by atoms with Crippen molar-refractivity contribution < 1.29 is 0 Å². The van der Waals surface area contributed by atoms with Crippen LogP contribution in [0.25, 0.3) is 0 Å². The minimum absolute atomic E-state index is 0.141. The van der Waals surface area contributed by atoms with E-state index in [4.69, 9.17) is 11.6 Å². The zero-order chi connectivity index (χ0) is 13.3. The Morgan fingerprint density at radius 1 is 1.22 bits per heavy atom. The first-order valence-corrected chi connectivity index (χ1v) is 5.84. The van der Waals surface area contributed by atoms with Gasteiger partial charge < -0.3 is 5.73 Å². The van der Waals surface area contributed by atoms with E-state index in [2.05, 4.69) is 42.6 Å². The van der Waals surface area contributed by atoms with E-state index in [1.54, 1.807) is 10.9 Å². The fourth-order valence-corrected chi connectivity index (χ4v) is 2.23. The van der Waals surface area contributed by atoms with Crippen LogP contribution in [0.15, 0.2) is 24.4 Å². The lowest BCUT2D eigenvalue weighted by atomic mass is 9.97. The van der Waals surface area contributed by atoms with E-state index in [1.165, 1.54) is 11.1 Å². The van der Waals surface area contributed by atoms with Crippen molar-refractivity contribution in [1.29, 1.82) is 0 Å². The Labute approximate surface area is 107 Å². The van der Waals surface area contributed by atoms with Gasteiger partial charge in [0.2, 0.25) is 0 Å². The molecule has 5 nitrogen and oxygen atoms in total. The van der Waals surface area contributed by atoms with Gasteiger partial charge in [-0.3, -0.25) is 10.5 Å². The number of rotatable bonds is 3. The monoisotopic (exact) mass is 245 g/mol. The molecule has 5 heteroatoms. The van der Waals surface area contributed by atoms with Crippen molar-refractivity contribution in [2.75, 3.05) is 5.73 Å². The quantitative estimate of drug-likeness (QED) is 0.560. The Bertz CT molecular complexity index is 538. The molecule has 0 spiro atoms. The average molecular weight is 245 g/mol. The van der Waals surface area contributed by atoms with E-state index in [1.807, 2.05) is 7.05 Å². The van der Waals surface area contributed by atoms with Crippen molar-refractivity contribution in [2.45, 2.75) is 19.9 Å². The molecule has 5 N–H and O–H groups in total. The molecule has 2 rings (SSSR count). The van der Waals surface area contributed by atoms with Crippen molar-refractivity contribution in [3.8, 4) is 0 Å². The first kappa shape index (κ1) is 12.6. The fraction of sp³-hybridized carbons (Fsp3) is 0.308. The van der Waals surface area contributed by atoms with Crippen LogP contribution in [0.5, 0.6) is 0 Å². The van der Waals surface area contributed by atoms with Crippen molar-refractivity contribution >= 4 is 5.82 Å². The van der Waals surface area contributed by atoms with E-state index >= 15 is 0 Å². The normalized spacial score (nSPS) is 12.7. The van der Waals surface area contributed by atoms with Crippen LogP contribution < -0.4 is 17.0 Å². The van der Waals surface area contributed by atoms with Crippen LogP contribution >= 0.6 is 0 Å². The summed E-state index contributed by atoms with van der Waals surface area (Å²) in [5.41, 5.74) is 13.2. The van der Waals surface area contributed by atoms with Gasteiger partial charge in [-0.25, -0.2) is 5.43 Å². The van der Waals surface area contributed by atoms with Gasteiger partial charge in [-0.2, -0.15) is 5.10 Å². The Hall–Kier alpha value is -1.85. The number of hydrogen-bond acceptors (Lipinski definition) is 4.